The first-order valence-electron chi connectivity index (χ1n) is 5.87. The highest BCUT2D eigenvalue weighted by molar-refractivity contribution is 7.88. The van der Waals surface area contributed by atoms with Crippen molar-refractivity contribution >= 4 is 15.9 Å². The molecule has 1 aliphatic heterocycles. The van der Waals surface area contributed by atoms with Gasteiger partial charge < -0.3 is 4.90 Å². The number of nitrogens with zero attached hydrogens (tertiary/aromatic N) is 1. The summed E-state index contributed by atoms with van der Waals surface area (Å²) in [7, 11) is -3.26. The number of carbonyl (C=O) groups is 1. The Kier molecular flexibility index (Phi) is 3.86. The van der Waals surface area contributed by atoms with Crippen LogP contribution in [0.3, 0.4) is 0 Å². The summed E-state index contributed by atoms with van der Waals surface area (Å²) in [5.41, 5.74) is 0.404. The lowest BCUT2D eigenvalue weighted by atomic mass is 10.2. The fraction of sp³-hybridized carbons (Fsp3) is 0.417. The van der Waals surface area contributed by atoms with Gasteiger partial charge in [0, 0.05) is 24.7 Å². The molecule has 0 radical (unpaired) electrons. The summed E-state index contributed by atoms with van der Waals surface area (Å²) in [6.45, 7) is 0.826. The van der Waals surface area contributed by atoms with Gasteiger partial charge in [-0.1, -0.05) is 0 Å². The van der Waals surface area contributed by atoms with Crippen LogP contribution < -0.4 is 4.72 Å². The van der Waals surface area contributed by atoms with E-state index in [1.165, 1.54) is 24.3 Å². The summed E-state index contributed by atoms with van der Waals surface area (Å²) >= 11 is 0. The lowest BCUT2D eigenvalue weighted by molar-refractivity contribution is 0.0790. The van der Waals surface area contributed by atoms with Crippen LogP contribution in [0.25, 0.3) is 0 Å². The maximum absolute atomic E-state index is 12.8. The second kappa shape index (κ2) is 5.26. The number of carbonyl (C=O) groups excluding carboxylic acids is 1. The van der Waals surface area contributed by atoms with E-state index >= 15 is 0 Å². The molecule has 7 heteroatoms. The maximum Gasteiger partial charge on any atom is 0.253 e. The third-order valence-electron chi connectivity index (χ3n) is 2.95. The van der Waals surface area contributed by atoms with Crippen molar-refractivity contribution in [1.82, 2.24) is 9.62 Å². The van der Waals surface area contributed by atoms with E-state index in [2.05, 4.69) is 4.72 Å². The van der Waals surface area contributed by atoms with E-state index in [1.54, 1.807) is 4.90 Å². The number of halogens is 1. The quantitative estimate of drug-likeness (QED) is 0.884. The Labute approximate surface area is 111 Å². The van der Waals surface area contributed by atoms with Crippen LogP contribution in [0.1, 0.15) is 16.8 Å². The normalized spacial score (nSPS) is 19.7. The molecule has 0 bridgehead atoms. The first kappa shape index (κ1) is 14.0. The van der Waals surface area contributed by atoms with Gasteiger partial charge in [0.1, 0.15) is 5.82 Å². The summed E-state index contributed by atoms with van der Waals surface area (Å²) in [6.07, 6.45) is 1.68. The van der Waals surface area contributed by atoms with Crippen LogP contribution >= 0.6 is 0 Å². The van der Waals surface area contributed by atoms with Crippen molar-refractivity contribution in [2.24, 2.45) is 0 Å². The molecule has 1 heterocycles. The molecule has 1 fully saturated rings. The molecule has 1 saturated heterocycles. The van der Waals surface area contributed by atoms with E-state index in [9.17, 15) is 17.6 Å². The van der Waals surface area contributed by atoms with Crippen molar-refractivity contribution < 1.29 is 17.6 Å². The minimum Gasteiger partial charge on any atom is -0.337 e. The van der Waals surface area contributed by atoms with Crippen molar-refractivity contribution in [3.05, 3.63) is 35.6 Å². The molecule has 5 nitrogen and oxygen atoms in total. The van der Waals surface area contributed by atoms with Crippen molar-refractivity contribution in [1.29, 1.82) is 0 Å². The Morgan fingerprint density at radius 1 is 1.37 bits per heavy atom. The monoisotopic (exact) mass is 286 g/mol. The summed E-state index contributed by atoms with van der Waals surface area (Å²) in [5.74, 6) is -0.604. The molecule has 0 aliphatic carbocycles. The van der Waals surface area contributed by atoms with Crippen LogP contribution in [0.4, 0.5) is 4.39 Å². The van der Waals surface area contributed by atoms with E-state index in [1.807, 2.05) is 0 Å². The fourth-order valence-corrected chi connectivity index (χ4v) is 2.92. The predicted octanol–water partition coefficient (Wildman–Crippen LogP) is 0.589. The number of benzene rings is 1. The number of hydrogen-bond donors (Lipinski definition) is 1. The Hall–Kier alpha value is -1.47. The largest absolute Gasteiger partial charge is 0.337 e. The molecule has 1 atom stereocenters. The highest BCUT2D eigenvalue weighted by Gasteiger charge is 2.28. The summed E-state index contributed by atoms with van der Waals surface area (Å²) in [4.78, 5) is 13.7. The molecule has 1 amide bonds. The number of nitrogens with one attached hydrogen (secondary N) is 1. The van der Waals surface area contributed by atoms with Gasteiger partial charge in [-0.2, -0.15) is 0 Å². The molecule has 1 aliphatic rings. The Morgan fingerprint density at radius 3 is 2.58 bits per heavy atom. The third kappa shape index (κ3) is 3.74. The molecule has 0 spiro atoms. The van der Waals surface area contributed by atoms with E-state index in [-0.39, 0.29) is 11.9 Å². The second-order valence-electron chi connectivity index (χ2n) is 4.63. The second-order valence-corrected chi connectivity index (χ2v) is 6.41. The zero-order chi connectivity index (χ0) is 14.0. The number of amides is 1. The lowest BCUT2D eigenvalue weighted by Gasteiger charge is -2.16. The topological polar surface area (TPSA) is 66.5 Å². The van der Waals surface area contributed by atoms with Gasteiger partial charge in [-0.15, -0.1) is 0 Å². The summed E-state index contributed by atoms with van der Waals surface area (Å²) < 4.78 is 37.5. The smallest absolute Gasteiger partial charge is 0.253 e. The standard InChI is InChI=1S/C12H15FN2O3S/c1-19(17,18)14-11-6-7-15(8-11)12(16)9-2-4-10(13)5-3-9/h2-5,11,14H,6-8H2,1H3/t11-/m1/s1. The number of rotatable bonds is 3. The average molecular weight is 286 g/mol. The minimum atomic E-state index is -3.26. The highest BCUT2D eigenvalue weighted by atomic mass is 32.2. The van der Waals surface area contributed by atoms with E-state index in [0.717, 1.165) is 6.26 Å². The molecular weight excluding hydrogens is 271 g/mol. The van der Waals surface area contributed by atoms with Gasteiger partial charge in [0.15, 0.2) is 0 Å². The van der Waals surface area contributed by atoms with Crippen LogP contribution in [0.5, 0.6) is 0 Å². The van der Waals surface area contributed by atoms with Crippen molar-refractivity contribution in [3.63, 3.8) is 0 Å². The van der Waals surface area contributed by atoms with Crippen LogP contribution in [0.2, 0.25) is 0 Å². The first-order chi connectivity index (χ1) is 8.85. The van der Waals surface area contributed by atoms with Crippen molar-refractivity contribution in [2.75, 3.05) is 19.3 Å². The molecular formula is C12H15FN2O3S. The van der Waals surface area contributed by atoms with Crippen molar-refractivity contribution in [2.45, 2.75) is 12.5 Å². The lowest BCUT2D eigenvalue weighted by Crippen LogP contribution is -2.37. The van der Waals surface area contributed by atoms with Gasteiger partial charge in [0.05, 0.1) is 6.26 Å². The van der Waals surface area contributed by atoms with E-state index < -0.39 is 15.8 Å². The molecule has 104 valence electrons. The van der Waals surface area contributed by atoms with E-state index in [4.69, 9.17) is 0 Å². The number of hydrogen-bond acceptors (Lipinski definition) is 3. The van der Waals surface area contributed by atoms with Crippen LogP contribution in [-0.2, 0) is 10.0 Å². The SMILES string of the molecule is CS(=O)(=O)N[C@@H]1CCN(C(=O)c2ccc(F)cc2)C1. The van der Waals surface area contributed by atoms with Crippen LogP contribution in [0.15, 0.2) is 24.3 Å². The fourth-order valence-electron chi connectivity index (χ4n) is 2.12. The molecule has 19 heavy (non-hydrogen) atoms. The summed E-state index contributed by atoms with van der Waals surface area (Å²) in [5, 5.41) is 0. The minimum absolute atomic E-state index is 0.210. The molecule has 0 aromatic heterocycles. The average Bonchev–Trinajstić information content (AvgIpc) is 2.75. The Bertz CT molecular complexity index is 571. The zero-order valence-corrected chi connectivity index (χ0v) is 11.3. The van der Waals surface area contributed by atoms with Gasteiger partial charge in [-0.25, -0.2) is 17.5 Å². The van der Waals surface area contributed by atoms with Gasteiger partial charge in [0.2, 0.25) is 10.0 Å². The van der Waals surface area contributed by atoms with E-state index in [0.29, 0.717) is 25.1 Å². The number of sulfonamides is 1. The molecule has 0 saturated carbocycles. The predicted molar refractivity (Wildman–Crippen MR) is 68.7 cm³/mol. The van der Waals surface area contributed by atoms with Gasteiger partial charge >= 0.3 is 0 Å². The zero-order valence-electron chi connectivity index (χ0n) is 10.5. The highest BCUT2D eigenvalue weighted by Crippen LogP contribution is 2.14. The molecule has 1 aromatic carbocycles. The van der Waals surface area contributed by atoms with Crippen molar-refractivity contribution in [3.8, 4) is 0 Å². The van der Waals surface area contributed by atoms with Crippen LogP contribution in [0, 0.1) is 5.82 Å². The van der Waals surface area contributed by atoms with Gasteiger partial charge in [-0.3, -0.25) is 4.79 Å². The molecule has 1 N–H and O–H groups in total. The Balaban J connectivity index is 2.01. The molecule has 0 unspecified atom stereocenters. The Morgan fingerprint density at radius 2 is 2.00 bits per heavy atom. The number of likely N-dealkylation sites (tertiary alicyclic amines) is 1. The molecule has 2 rings (SSSR count). The van der Waals surface area contributed by atoms with Gasteiger partial charge in [-0.05, 0) is 30.7 Å². The summed E-state index contributed by atoms with van der Waals surface area (Å²) in [6, 6.07) is 5.06. The maximum atomic E-state index is 12.8. The third-order valence-corrected chi connectivity index (χ3v) is 3.71. The van der Waals surface area contributed by atoms with Gasteiger partial charge in [0.25, 0.3) is 5.91 Å². The first-order valence-corrected chi connectivity index (χ1v) is 7.76. The molecule has 1 aromatic rings. The van der Waals surface area contributed by atoms with Crippen LogP contribution in [-0.4, -0.2) is 44.6 Å².